The van der Waals surface area contributed by atoms with Crippen molar-refractivity contribution in [2.45, 2.75) is 78.2 Å². The quantitative estimate of drug-likeness (QED) is 0.464. The summed E-state index contributed by atoms with van der Waals surface area (Å²) in [6.45, 7) is 6.86. The third kappa shape index (κ3) is 2.49. The van der Waals surface area contributed by atoms with E-state index in [0.717, 1.165) is 37.5 Å². The maximum absolute atomic E-state index is 11.9. The van der Waals surface area contributed by atoms with Crippen LogP contribution in [0.2, 0.25) is 0 Å². The van der Waals surface area contributed by atoms with Crippen LogP contribution in [0.5, 0.6) is 0 Å². The number of allylic oxidation sites excluding steroid dienone is 2. The molecule has 2 unspecified atom stereocenters. The van der Waals surface area contributed by atoms with Gasteiger partial charge >= 0.3 is 0 Å². The highest BCUT2D eigenvalue weighted by atomic mass is 16.3. The number of hydrogen-bond acceptors (Lipinski definition) is 3. The zero-order chi connectivity index (χ0) is 18.7. The number of carbonyl (C=O) groups excluding carboxylic acids is 2. The lowest BCUT2D eigenvalue weighted by Gasteiger charge is -2.58. The zero-order valence-electron chi connectivity index (χ0n) is 16.5. The van der Waals surface area contributed by atoms with Crippen molar-refractivity contribution in [2.75, 3.05) is 0 Å². The van der Waals surface area contributed by atoms with Crippen LogP contribution < -0.4 is 0 Å². The molecule has 0 aliphatic heterocycles. The summed E-state index contributed by atoms with van der Waals surface area (Å²) < 4.78 is 0. The number of aliphatic hydroxyl groups excluding tert-OH is 1. The van der Waals surface area contributed by atoms with Crippen molar-refractivity contribution in [1.29, 1.82) is 0 Å². The van der Waals surface area contributed by atoms with Gasteiger partial charge in [-0.1, -0.05) is 25.5 Å². The molecule has 0 amide bonds. The predicted octanol–water partition coefficient (Wildman–Crippen LogP) is 4.33. The second kappa shape index (κ2) is 6.29. The molecule has 8 atom stereocenters. The Morgan fingerprint density at radius 1 is 1.19 bits per heavy atom. The fourth-order valence-corrected chi connectivity index (χ4v) is 7.83. The van der Waals surface area contributed by atoms with Crippen LogP contribution in [-0.2, 0) is 9.59 Å². The summed E-state index contributed by atoms with van der Waals surface area (Å²) >= 11 is 0. The molecule has 3 heteroatoms. The molecule has 0 spiro atoms. The van der Waals surface area contributed by atoms with Crippen molar-refractivity contribution in [3.05, 3.63) is 11.6 Å². The van der Waals surface area contributed by atoms with E-state index in [2.05, 4.69) is 19.9 Å². The Hall–Kier alpha value is -0.960. The maximum Gasteiger partial charge on any atom is 0.198 e. The maximum atomic E-state index is 11.9. The van der Waals surface area contributed by atoms with Crippen LogP contribution in [0.3, 0.4) is 0 Å². The van der Waals surface area contributed by atoms with Gasteiger partial charge in [0.15, 0.2) is 12.1 Å². The molecule has 0 aromatic heterocycles. The largest absolute Gasteiger partial charge is 0.393 e. The molecule has 0 bridgehead atoms. The van der Waals surface area contributed by atoms with Gasteiger partial charge in [0.1, 0.15) is 0 Å². The number of ketones is 1. The number of carbonyl (C=O) groups is 2. The van der Waals surface area contributed by atoms with Crippen molar-refractivity contribution in [1.82, 2.24) is 0 Å². The molecule has 1 N–H and O–H groups in total. The minimum Gasteiger partial charge on any atom is -0.393 e. The number of aliphatic hydroxyl groups is 1. The van der Waals surface area contributed by atoms with E-state index in [9.17, 15) is 14.7 Å². The summed E-state index contributed by atoms with van der Waals surface area (Å²) in [6, 6.07) is 0. The van der Waals surface area contributed by atoms with E-state index in [-0.39, 0.29) is 23.2 Å². The first-order valence-electron chi connectivity index (χ1n) is 10.7. The van der Waals surface area contributed by atoms with Crippen molar-refractivity contribution in [2.24, 2.45) is 40.4 Å². The fraction of sp³-hybridized carbons (Fsp3) is 0.826. The minimum absolute atomic E-state index is 0.0802. The number of Topliss-reactive ketones (excluding diaryl/α,β-unsaturated/α-hetero) is 1. The normalized spacial score (nSPS) is 48.6. The molecular weight excluding hydrogens is 324 g/mol. The van der Waals surface area contributed by atoms with Crippen molar-refractivity contribution in [3.63, 3.8) is 0 Å². The number of fused-ring (bicyclic) bond motifs is 5. The molecular formula is C23H34O3. The Morgan fingerprint density at radius 2 is 1.96 bits per heavy atom. The molecule has 4 rings (SSSR count). The highest BCUT2D eigenvalue weighted by molar-refractivity contribution is 6.26. The Kier molecular flexibility index (Phi) is 4.45. The molecule has 3 saturated carbocycles. The van der Waals surface area contributed by atoms with Crippen LogP contribution in [0.25, 0.3) is 0 Å². The van der Waals surface area contributed by atoms with Gasteiger partial charge in [-0.25, -0.2) is 0 Å². The molecule has 0 aromatic carbocycles. The average molecular weight is 359 g/mol. The summed E-state index contributed by atoms with van der Waals surface area (Å²) in [6.07, 6.45) is 11.5. The molecule has 0 radical (unpaired) electrons. The van der Waals surface area contributed by atoms with Crippen LogP contribution in [0.15, 0.2) is 11.6 Å². The summed E-state index contributed by atoms with van der Waals surface area (Å²) in [4.78, 5) is 22.8. The monoisotopic (exact) mass is 358 g/mol. The molecule has 3 fully saturated rings. The summed E-state index contributed by atoms with van der Waals surface area (Å²) in [5.74, 6) is 2.33. The average Bonchev–Trinajstić information content (AvgIpc) is 2.97. The molecule has 144 valence electrons. The van der Waals surface area contributed by atoms with E-state index in [1.54, 1.807) is 0 Å². The van der Waals surface area contributed by atoms with E-state index in [1.807, 2.05) is 6.92 Å². The topological polar surface area (TPSA) is 54.4 Å². The van der Waals surface area contributed by atoms with Crippen molar-refractivity contribution in [3.8, 4) is 0 Å². The molecule has 0 saturated heterocycles. The smallest absolute Gasteiger partial charge is 0.198 e. The minimum atomic E-state index is -0.207. The number of rotatable bonds is 3. The van der Waals surface area contributed by atoms with E-state index in [1.165, 1.54) is 31.3 Å². The van der Waals surface area contributed by atoms with E-state index < -0.39 is 0 Å². The summed E-state index contributed by atoms with van der Waals surface area (Å²) in [7, 11) is 0. The fourth-order valence-electron chi connectivity index (χ4n) is 7.83. The van der Waals surface area contributed by atoms with Crippen molar-refractivity contribution < 1.29 is 14.7 Å². The van der Waals surface area contributed by atoms with E-state index >= 15 is 0 Å². The summed E-state index contributed by atoms with van der Waals surface area (Å²) in [5, 5.41) is 10.3. The highest BCUT2D eigenvalue weighted by Crippen LogP contribution is 2.66. The van der Waals surface area contributed by atoms with Gasteiger partial charge in [0, 0.05) is 5.92 Å². The third-order valence-corrected chi connectivity index (χ3v) is 9.28. The van der Waals surface area contributed by atoms with Gasteiger partial charge in [-0.3, -0.25) is 9.59 Å². The van der Waals surface area contributed by atoms with Gasteiger partial charge in [-0.05, 0) is 92.8 Å². The van der Waals surface area contributed by atoms with Crippen LogP contribution >= 0.6 is 0 Å². The van der Waals surface area contributed by atoms with Gasteiger partial charge in [0.05, 0.1) is 6.10 Å². The number of aldehydes is 1. The first-order chi connectivity index (χ1) is 12.3. The predicted molar refractivity (Wildman–Crippen MR) is 101 cm³/mol. The SMILES string of the molecule is CC(O)[C@H]1CC[C@H]2[C@@H]3CC=C4CC(C(=O)C=O)CC[C@]4(C)[C@H]3CC[C@]12C. The van der Waals surface area contributed by atoms with Gasteiger partial charge < -0.3 is 5.11 Å². The second-order valence-corrected chi connectivity index (χ2v) is 10.2. The van der Waals surface area contributed by atoms with Crippen LogP contribution in [0.4, 0.5) is 0 Å². The van der Waals surface area contributed by atoms with Crippen molar-refractivity contribution >= 4 is 12.1 Å². The molecule has 4 aliphatic rings. The van der Waals surface area contributed by atoms with E-state index in [0.29, 0.717) is 23.5 Å². The molecule has 0 heterocycles. The van der Waals surface area contributed by atoms with Crippen LogP contribution in [0, 0.1) is 40.4 Å². The Labute approximate surface area is 157 Å². The van der Waals surface area contributed by atoms with Crippen LogP contribution in [-0.4, -0.2) is 23.3 Å². The lowest BCUT2D eigenvalue weighted by Crippen LogP contribution is -2.51. The number of hydrogen-bond donors (Lipinski definition) is 1. The third-order valence-electron chi connectivity index (χ3n) is 9.28. The zero-order valence-corrected chi connectivity index (χ0v) is 16.5. The molecule has 0 aromatic rings. The molecule has 26 heavy (non-hydrogen) atoms. The van der Waals surface area contributed by atoms with Crippen LogP contribution in [0.1, 0.15) is 72.1 Å². The highest BCUT2D eigenvalue weighted by Gasteiger charge is 2.59. The first kappa shape index (κ1) is 18.4. The second-order valence-electron chi connectivity index (χ2n) is 10.2. The van der Waals surface area contributed by atoms with Gasteiger partial charge in [-0.15, -0.1) is 0 Å². The Morgan fingerprint density at radius 3 is 2.65 bits per heavy atom. The van der Waals surface area contributed by atoms with E-state index in [4.69, 9.17) is 0 Å². The Balaban J connectivity index is 1.61. The molecule has 4 aliphatic carbocycles. The van der Waals surface area contributed by atoms with Gasteiger partial charge in [0.2, 0.25) is 0 Å². The Bertz CT molecular complexity index is 635. The lowest BCUT2D eigenvalue weighted by molar-refractivity contribution is -0.133. The lowest BCUT2D eigenvalue weighted by atomic mass is 9.46. The molecule has 3 nitrogen and oxygen atoms in total. The standard InChI is InChI=1S/C23H34O3/c1-14(25)18-6-7-19-17-5-4-16-12-15(21(26)13-24)8-10-22(16,2)20(17)9-11-23(18,19)3/h4,13-15,17-20,25H,5-12H2,1-3H3/t14?,15?,17-,18+,19-,20-,22-,23+/m0/s1. The summed E-state index contributed by atoms with van der Waals surface area (Å²) in [5.41, 5.74) is 1.97. The van der Waals surface area contributed by atoms with Gasteiger partial charge in [0.25, 0.3) is 0 Å². The first-order valence-corrected chi connectivity index (χ1v) is 10.7. The van der Waals surface area contributed by atoms with Gasteiger partial charge in [-0.2, -0.15) is 0 Å².